The first-order chi connectivity index (χ1) is 13.8. The van der Waals surface area contributed by atoms with Crippen LogP contribution in [0, 0.1) is 0 Å². The highest BCUT2D eigenvalue weighted by atomic mass is 32.2. The van der Waals surface area contributed by atoms with E-state index in [1.54, 1.807) is 13.8 Å². The average Bonchev–Trinajstić information content (AvgIpc) is 2.67. The number of aromatic nitrogens is 2. The number of unbranched alkanes of at least 4 members (excludes halogenated alkanes) is 1. The van der Waals surface area contributed by atoms with Crippen molar-refractivity contribution in [3.8, 4) is 0 Å². The van der Waals surface area contributed by atoms with Gasteiger partial charge in [-0.05, 0) is 50.8 Å². The Morgan fingerprint density at radius 3 is 2.34 bits per heavy atom. The fraction of sp³-hybridized carbons (Fsp3) is 0.476. The van der Waals surface area contributed by atoms with E-state index in [1.165, 1.54) is 11.8 Å². The summed E-state index contributed by atoms with van der Waals surface area (Å²) in [6, 6.07) is 7.79. The Labute approximate surface area is 173 Å². The molecule has 7 nitrogen and oxygen atoms in total. The van der Waals surface area contributed by atoms with Crippen molar-refractivity contribution in [3.63, 3.8) is 0 Å². The molecule has 0 saturated heterocycles. The molecule has 2 N–H and O–H groups in total. The van der Waals surface area contributed by atoms with Crippen molar-refractivity contribution in [2.45, 2.75) is 65.0 Å². The Balaban J connectivity index is 2.18. The minimum Gasteiger partial charge on any atom is -0.322 e. The van der Waals surface area contributed by atoms with Crippen LogP contribution in [0.25, 0.3) is 0 Å². The van der Waals surface area contributed by atoms with Crippen LogP contribution in [-0.2, 0) is 22.9 Å². The Morgan fingerprint density at radius 1 is 1.07 bits per heavy atom. The number of aryl methyl sites for hydroxylation is 2. The van der Waals surface area contributed by atoms with Crippen molar-refractivity contribution in [2.24, 2.45) is 0 Å². The number of anilines is 2. The smallest absolute Gasteiger partial charge is 0.259 e. The van der Waals surface area contributed by atoms with Gasteiger partial charge in [0.2, 0.25) is 16.0 Å². The zero-order valence-corrected chi connectivity index (χ0v) is 18.3. The minimum absolute atomic E-state index is 0.0148. The maximum atomic E-state index is 12.7. The van der Waals surface area contributed by atoms with Crippen molar-refractivity contribution in [2.75, 3.05) is 10.0 Å². The van der Waals surface area contributed by atoms with E-state index in [-0.39, 0.29) is 11.9 Å². The summed E-state index contributed by atoms with van der Waals surface area (Å²) in [6.45, 7) is 7.27. The Morgan fingerprint density at radius 2 is 1.76 bits per heavy atom. The summed E-state index contributed by atoms with van der Waals surface area (Å²) in [6.07, 6.45) is 5.98. The lowest BCUT2D eigenvalue weighted by Gasteiger charge is -2.13. The third kappa shape index (κ3) is 6.52. The highest BCUT2D eigenvalue weighted by Gasteiger charge is 2.20. The number of nitrogens with zero attached hydrogens (tertiary/aromatic N) is 2. The summed E-state index contributed by atoms with van der Waals surface area (Å²) < 4.78 is 26.5. The zero-order chi connectivity index (χ0) is 21.4. The molecule has 1 aromatic heterocycles. The third-order valence-corrected chi connectivity index (χ3v) is 6.19. The topological polar surface area (TPSA) is 101 Å². The summed E-state index contributed by atoms with van der Waals surface area (Å²) in [5, 5.41) is 2.26. The van der Waals surface area contributed by atoms with Gasteiger partial charge in [0.1, 0.15) is 0 Å². The van der Waals surface area contributed by atoms with Crippen molar-refractivity contribution in [3.05, 3.63) is 47.3 Å². The van der Waals surface area contributed by atoms with E-state index in [0.29, 0.717) is 23.4 Å². The minimum atomic E-state index is -3.55. The fourth-order valence-corrected chi connectivity index (χ4v) is 3.25. The quantitative estimate of drug-likeness (QED) is 0.603. The van der Waals surface area contributed by atoms with Crippen molar-refractivity contribution < 1.29 is 13.2 Å². The summed E-state index contributed by atoms with van der Waals surface area (Å²) in [4.78, 5) is 21.1. The SMILES string of the molecule is CCCCc1ccc(NC(=O)c2cnc(NS(=O)(=O)C(C)C)nc2CCC)cc1. The second kappa shape index (κ2) is 10.3. The number of rotatable bonds is 10. The van der Waals surface area contributed by atoms with Crippen LogP contribution in [-0.4, -0.2) is 29.5 Å². The molecule has 8 heteroatoms. The van der Waals surface area contributed by atoms with E-state index in [9.17, 15) is 13.2 Å². The molecule has 0 spiro atoms. The van der Waals surface area contributed by atoms with E-state index in [4.69, 9.17) is 0 Å². The molecule has 1 aromatic carbocycles. The predicted octanol–water partition coefficient (Wildman–Crippen LogP) is 4.17. The van der Waals surface area contributed by atoms with Crippen LogP contribution in [0.3, 0.4) is 0 Å². The van der Waals surface area contributed by atoms with Gasteiger partial charge < -0.3 is 5.32 Å². The molecule has 0 unspecified atom stereocenters. The van der Waals surface area contributed by atoms with Crippen molar-refractivity contribution in [1.82, 2.24) is 9.97 Å². The molecule has 0 aliphatic heterocycles. The van der Waals surface area contributed by atoms with Gasteiger partial charge in [0.15, 0.2) is 0 Å². The molecule has 0 atom stereocenters. The lowest BCUT2D eigenvalue weighted by Crippen LogP contribution is -2.24. The first kappa shape index (κ1) is 22.8. The lowest BCUT2D eigenvalue weighted by atomic mass is 10.1. The molecular formula is C21H30N4O3S. The van der Waals surface area contributed by atoms with Gasteiger partial charge in [-0.25, -0.2) is 18.4 Å². The Bertz CT molecular complexity index is 925. The molecule has 2 rings (SSSR count). The number of amides is 1. The number of carbonyl (C=O) groups is 1. The zero-order valence-electron chi connectivity index (χ0n) is 17.5. The van der Waals surface area contributed by atoms with Crippen LogP contribution in [0.1, 0.15) is 68.6 Å². The molecule has 1 heterocycles. The van der Waals surface area contributed by atoms with E-state index >= 15 is 0 Å². The number of carbonyl (C=O) groups excluding carboxylic acids is 1. The monoisotopic (exact) mass is 418 g/mol. The molecule has 2 aromatic rings. The predicted molar refractivity (Wildman–Crippen MR) is 117 cm³/mol. The third-order valence-electron chi connectivity index (χ3n) is 4.48. The van der Waals surface area contributed by atoms with Crippen LogP contribution in [0.5, 0.6) is 0 Å². The first-order valence-corrected chi connectivity index (χ1v) is 11.6. The molecule has 29 heavy (non-hydrogen) atoms. The fourth-order valence-electron chi connectivity index (χ4n) is 2.66. The number of sulfonamides is 1. The summed E-state index contributed by atoms with van der Waals surface area (Å²) >= 11 is 0. The maximum Gasteiger partial charge on any atom is 0.259 e. The van der Waals surface area contributed by atoms with Gasteiger partial charge in [0, 0.05) is 11.9 Å². The van der Waals surface area contributed by atoms with Crippen molar-refractivity contribution >= 4 is 27.6 Å². The average molecular weight is 419 g/mol. The molecule has 0 bridgehead atoms. The highest BCUT2D eigenvalue weighted by molar-refractivity contribution is 7.93. The van der Waals surface area contributed by atoms with Gasteiger partial charge in [0.25, 0.3) is 5.91 Å². The number of nitrogens with one attached hydrogen (secondary N) is 2. The van der Waals surface area contributed by atoms with E-state index in [2.05, 4.69) is 26.9 Å². The first-order valence-electron chi connectivity index (χ1n) is 10.0. The van der Waals surface area contributed by atoms with Gasteiger partial charge >= 0.3 is 0 Å². The van der Waals surface area contributed by atoms with Crippen LogP contribution in [0.2, 0.25) is 0 Å². The second-order valence-electron chi connectivity index (χ2n) is 7.25. The van der Waals surface area contributed by atoms with Gasteiger partial charge in [-0.15, -0.1) is 0 Å². The molecular weight excluding hydrogens is 388 g/mol. The van der Waals surface area contributed by atoms with Crippen LogP contribution < -0.4 is 10.0 Å². The molecule has 0 saturated carbocycles. The molecule has 158 valence electrons. The Hall–Kier alpha value is -2.48. The second-order valence-corrected chi connectivity index (χ2v) is 9.49. The van der Waals surface area contributed by atoms with E-state index < -0.39 is 15.3 Å². The number of hydrogen-bond donors (Lipinski definition) is 2. The Kier molecular flexibility index (Phi) is 8.13. The number of benzene rings is 1. The van der Waals surface area contributed by atoms with Crippen LogP contribution >= 0.6 is 0 Å². The van der Waals surface area contributed by atoms with Gasteiger partial charge in [-0.3, -0.25) is 9.52 Å². The molecule has 0 fully saturated rings. The van der Waals surface area contributed by atoms with Gasteiger partial charge in [-0.2, -0.15) is 0 Å². The van der Waals surface area contributed by atoms with Crippen LogP contribution in [0.4, 0.5) is 11.6 Å². The molecule has 1 amide bonds. The molecule has 0 radical (unpaired) electrons. The van der Waals surface area contributed by atoms with Gasteiger partial charge in [0.05, 0.1) is 16.5 Å². The lowest BCUT2D eigenvalue weighted by molar-refractivity contribution is 0.102. The van der Waals surface area contributed by atoms with E-state index in [1.807, 2.05) is 31.2 Å². The molecule has 0 aliphatic rings. The van der Waals surface area contributed by atoms with Crippen molar-refractivity contribution in [1.29, 1.82) is 0 Å². The summed E-state index contributed by atoms with van der Waals surface area (Å²) in [5.74, 6) is -0.327. The van der Waals surface area contributed by atoms with Crippen LogP contribution in [0.15, 0.2) is 30.5 Å². The largest absolute Gasteiger partial charge is 0.322 e. The normalized spacial score (nSPS) is 11.5. The maximum absolute atomic E-state index is 12.7. The number of hydrogen-bond acceptors (Lipinski definition) is 5. The molecule has 0 aliphatic carbocycles. The van der Waals surface area contributed by atoms with E-state index in [0.717, 1.165) is 25.7 Å². The summed E-state index contributed by atoms with van der Waals surface area (Å²) in [5.41, 5.74) is 2.79. The van der Waals surface area contributed by atoms with Gasteiger partial charge in [-0.1, -0.05) is 38.8 Å². The highest BCUT2D eigenvalue weighted by Crippen LogP contribution is 2.17. The summed E-state index contributed by atoms with van der Waals surface area (Å²) in [7, 11) is -3.55. The standard InChI is InChI=1S/C21H30N4O3S/c1-5-7-9-16-10-12-17(13-11-16)23-20(26)18-14-22-21(24-19(18)8-6-2)25-29(27,28)15(3)4/h10-15H,5-9H2,1-4H3,(H,23,26)(H,22,24,25).